The molecule has 0 radical (unpaired) electrons. The second-order valence-electron chi connectivity index (χ2n) is 7.32. The van der Waals surface area contributed by atoms with Gasteiger partial charge in [-0.3, -0.25) is 4.79 Å². The summed E-state index contributed by atoms with van der Waals surface area (Å²) in [5.41, 5.74) is 3.56. The van der Waals surface area contributed by atoms with E-state index in [0.29, 0.717) is 24.2 Å². The van der Waals surface area contributed by atoms with Gasteiger partial charge in [-0.15, -0.1) is 0 Å². The van der Waals surface area contributed by atoms with E-state index in [-0.39, 0.29) is 5.91 Å². The van der Waals surface area contributed by atoms with Crippen molar-refractivity contribution in [1.29, 1.82) is 0 Å². The quantitative estimate of drug-likeness (QED) is 0.873. The Morgan fingerprint density at radius 1 is 1.25 bits per heavy atom. The molecule has 2 aromatic rings. The summed E-state index contributed by atoms with van der Waals surface area (Å²) in [5, 5.41) is 0. The highest BCUT2D eigenvalue weighted by atomic mass is 16.2. The lowest BCUT2D eigenvalue weighted by atomic mass is 9.97. The lowest BCUT2D eigenvalue weighted by molar-refractivity contribution is -0.129. The number of carbonyl (C=O) groups excluding carboxylic acids is 1. The molecule has 1 aliphatic carbocycles. The molecule has 124 valence electrons. The fourth-order valence-electron chi connectivity index (χ4n) is 3.96. The molecule has 4 rings (SSSR count). The lowest BCUT2D eigenvalue weighted by Gasteiger charge is -2.18. The van der Waals surface area contributed by atoms with Crippen LogP contribution in [0.1, 0.15) is 48.3 Å². The van der Waals surface area contributed by atoms with E-state index in [9.17, 15) is 4.79 Å². The molecule has 0 N–H and O–H groups in total. The Morgan fingerprint density at radius 2 is 2.04 bits per heavy atom. The van der Waals surface area contributed by atoms with Gasteiger partial charge in [-0.25, -0.2) is 9.97 Å². The van der Waals surface area contributed by atoms with Crippen LogP contribution in [0.3, 0.4) is 0 Å². The van der Waals surface area contributed by atoms with Crippen LogP contribution in [0.5, 0.6) is 0 Å². The van der Waals surface area contributed by atoms with Crippen LogP contribution >= 0.6 is 0 Å². The lowest BCUT2D eigenvalue weighted by Crippen LogP contribution is -2.31. The van der Waals surface area contributed by atoms with Crippen molar-refractivity contribution in [2.24, 2.45) is 5.92 Å². The molecule has 1 aliphatic heterocycles. The van der Waals surface area contributed by atoms with Gasteiger partial charge in [0.05, 0.1) is 6.42 Å². The van der Waals surface area contributed by atoms with Crippen molar-refractivity contribution >= 4 is 5.91 Å². The Kier molecular flexibility index (Phi) is 3.83. The van der Waals surface area contributed by atoms with Gasteiger partial charge in [-0.1, -0.05) is 44.2 Å². The van der Waals surface area contributed by atoms with Crippen LogP contribution in [0.4, 0.5) is 0 Å². The summed E-state index contributed by atoms with van der Waals surface area (Å²) in [6.45, 7) is 5.92. The van der Waals surface area contributed by atoms with Gasteiger partial charge in [0.25, 0.3) is 0 Å². The summed E-state index contributed by atoms with van der Waals surface area (Å²) in [6, 6.07) is 10.00. The van der Waals surface area contributed by atoms with Crippen molar-refractivity contribution in [1.82, 2.24) is 14.9 Å². The van der Waals surface area contributed by atoms with Crippen molar-refractivity contribution < 1.29 is 4.79 Å². The fourth-order valence-corrected chi connectivity index (χ4v) is 3.96. The molecule has 1 aromatic heterocycles. The van der Waals surface area contributed by atoms with Gasteiger partial charge in [0.1, 0.15) is 5.82 Å². The van der Waals surface area contributed by atoms with Gasteiger partial charge in [0.2, 0.25) is 5.91 Å². The molecule has 0 spiro atoms. The Hall–Kier alpha value is -2.23. The smallest absolute Gasteiger partial charge is 0.227 e. The van der Waals surface area contributed by atoms with Gasteiger partial charge in [0.15, 0.2) is 0 Å². The van der Waals surface area contributed by atoms with Crippen molar-refractivity contribution in [2.45, 2.75) is 38.5 Å². The summed E-state index contributed by atoms with van der Waals surface area (Å²) in [4.78, 5) is 23.9. The predicted octanol–water partition coefficient (Wildman–Crippen LogP) is 2.94. The first-order valence-corrected chi connectivity index (χ1v) is 8.79. The van der Waals surface area contributed by atoms with Crippen LogP contribution in [-0.2, 0) is 17.6 Å². The maximum absolute atomic E-state index is 12.6. The highest BCUT2D eigenvalue weighted by Gasteiger charge is 2.42. The summed E-state index contributed by atoms with van der Waals surface area (Å²) in [7, 11) is 0. The fraction of sp³-hybridized carbons (Fsp3) is 0.450. The van der Waals surface area contributed by atoms with E-state index in [4.69, 9.17) is 4.98 Å². The Balaban J connectivity index is 1.47. The Bertz CT molecular complexity index is 757. The molecule has 1 saturated heterocycles. The molecular formula is C20H23N3O. The molecule has 0 bridgehead atoms. The van der Waals surface area contributed by atoms with Crippen LogP contribution < -0.4 is 0 Å². The zero-order valence-electron chi connectivity index (χ0n) is 14.3. The van der Waals surface area contributed by atoms with Gasteiger partial charge in [-0.2, -0.15) is 0 Å². The van der Waals surface area contributed by atoms with Gasteiger partial charge in [0, 0.05) is 36.8 Å². The minimum absolute atomic E-state index is 0.233. The zero-order chi connectivity index (χ0) is 16.7. The van der Waals surface area contributed by atoms with E-state index in [1.807, 2.05) is 41.4 Å². The maximum Gasteiger partial charge on any atom is 0.227 e. The molecule has 2 unspecified atom stereocenters. The molecule has 2 heterocycles. The van der Waals surface area contributed by atoms with Crippen molar-refractivity contribution in [3.63, 3.8) is 0 Å². The van der Waals surface area contributed by atoms with E-state index < -0.39 is 0 Å². The molecule has 2 aliphatic rings. The minimum atomic E-state index is 0.233. The largest absolute Gasteiger partial charge is 0.341 e. The summed E-state index contributed by atoms with van der Waals surface area (Å²) in [6.07, 6.45) is 3.49. The highest BCUT2D eigenvalue weighted by Crippen LogP contribution is 2.42. The Morgan fingerprint density at radius 3 is 2.79 bits per heavy atom. The van der Waals surface area contributed by atoms with E-state index in [2.05, 4.69) is 18.8 Å². The number of nitrogens with zero attached hydrogens (tertiary/aromatic N) is 3. The number of likely N-dealkylation sites (tertiary alicyclic amines) is 1. The molecule has 1 fully saturated rings. The summed E-state index contributed by atoms with van der Waals surface area (Å²) >= 11 is 0. The van der Waals surface area contributed by atoms with Crippen LogP contribution in [0.2, 0.25) is 0 Å². The van der Waals surface area contributed by atoms with E-state index in [1.54, 1.807) is 0 Å². The third kappa shape index (κ3) is 2.70. The van der Waals surface area contributed by atoms with Crippen LogP contribution in [-0.4, -0.2) is 33.9 Å². The number of hydrogen-bond acceptors (Lipinski definition) is 3. The molecule has 24 heavy (non-hydrogen) atoms. The first-order chi connectivity index (χ1) is 11.6. The second-order valence-corrected chi connectivity index (χ2v) is 7.32. The molecule has 1 amide bonds. The topological polar surface area (TPSA) is 46.1 Å². The highest BCUT2D eigenvalue weighted by molar-refractivity contribution is 5.79. The zero-order valence-corrected chi connectivity index (χ0v) is 14.3. The van der Waals surface area contributed by atoms with E-state index in [0.717, 1.165) is 30.9 Å². The van der Waals surface area contributed by atoms with Crippen LogP contribution in [0.25, 0.3) is 0 Å². The van der Waals surface area contributed by atoms with Crippen LogP contribution in [0.15, 0.2) is 36.5 Å². The van der Waals surface area contributed by atoms with Crippen molar-refractivity contribution in [3.8, 4) is 0 Å². The normalized spacial score (nSPS) is 21.9. The summed E-state index contributed by atoms with van der Waals surface area (Å²) < 4.78 is 0. The summed E-state index contributed by atoms with van der Waals surface area (Å²) in [5.74, 6) is 2.46. The van der Waals surface area contributed by atoms with Crippen LogP contribution in [0, 0.1) is 5.92 Å². The number of aromatic nitrogens is 2. The number of benzene rings is 1. The van der Waals surface area contributed by atoms with Crippen molar-refractivity contribution in [2.75, 3.05) is 13.1 Å². The number of carbonyl (C=O) groups is 1. The van der Waals surface area contributed by atoms with E-state index in [1.165, 1.54) is 11.3 Å². The van der Waals surface area contributed by atoms with Crippen molar-refractivity contribution in [3.05, 3.63) is 59.2 Å². The number of rotatable bonds is 3. The molecule has 4 nitrogen and oxygen atoms in total. The SMILES string of the molecule is CC(C)c1ncc2c(n1)CC1CN(C(=O)Cc3ccccc3)CC21. The van der Waals surface area contributed by atoms with Gasteiger partial charge in [-0.05, 0) is 23.5 Å². The average Bonchev–Trinajstić information content (AvgIpc) is 3.12. The first-order valence-electron chi connectivity index (χ1n) is 8.79. The predicted molar refractivity (Wildman–Crippen MR) is 92.8 cm³/mol. The standard InChI is InChI=1S/C20H23N3O/c1-13(2)20-21-10-16-17-12-23(11-15(17)9-18(16)22-20)19(24)8-14-6-4-3-5-7-14/h3-7,10,13,15,17H,8-9,11-12H2,1-2H3. The molecule has 1 aromatic carbocycles. The molecular weight excluding hydrogens is 298 g/mol. The first kappa shape index (κ1) is 15.3. The van der Waals surface area contributed by atoms with Gasteiger partial charge < -0.3 is 4.90 Å². The third-order valence-electron chi connectivity index (χ3n) is 5.28. The second kappa shape index (κ2) is 6.00. The average molecular weight is 321 g/mol. The maximum atomic E-state index is 12.6. The molecule has 4 heteroatoms. The number of fused-ring (bicyclic) bond motifs is 3. The van der Waals surface area contributed by atoms with Gasteiger partial charge >= 0.3 is 0 Å². The minimum Gasteiger partial charge on any atom is -0.341 e. The molecule has 0 saturated carbocycles. The molecule has 2 atom stereocenters. The third-order valence-corrected chi connectivity index (χ3v) is 5.28. The number of hydrogen-bond donors (Lipinski definition) is 0. The monoisotopic (exact) mass is 321 g/mol. The van der Waals surface area contributed by atoms with E-state index >= 15 is 0 Å². The number of amides is 1. The Labute approximate surface area is 142 Å².